The summed E-state index contributed by atoms with van der Waals surface area (Å²) in [5.41, 5.74) is 0. The Hall–Kier alpha value is -0.0800. The van der Waals surface area contributed by atoms with Crippen LogP contribution in [0, 0.1) is 0 Å². The summed E-state index contributed by atoms with van der Waals surface area (Å²) >= 11 is 0. The fourth-order valence-corrected chi connectivity index (χ4v) is 2.59. The molecule has 0 aliphatic rings. The van der Waals surface area contributed by atoms with Gasteiger partial charge in [-0.05, 0) is 12.8 Å². The van der Waals surface area contributed by atoms with Gasteiger partial charge in [-0.15, -0.1) is 0 Å². The molecule has 0 radical (unpaired) electrons. The lowest BCUT2D eigenvalue weighted by molar-refractivity contribution is 0.0378. The van der Waals surface area contributed by atoms with Crippen molar-refractivity contribution in [1.82, 2.24) is 0 Å². The van der Waals surface area contributed by atoms with E-state index in [0.717, 1.165) is 12.8 Å². The van der Waals surface area contributed by atoms with Gasteiger partial charge in [-0.3, -0.25) is 0 Å². The monoisotopic (exact) mass is 271 g/mol. The molecule has 19 heavy (non-hydrogen) atoms. The zero-order valence-corrected chi connectivity index (χ0v) is 13.5. The summed E-state index contributed by atoms with van der Waals surface area (Å²) < 4.78 is 0. The van der Waals surface area contributed by atoms with Crippen molar-refractivity contribution in [3.8, 4) is 0 Å². The molecule has 0 fully saturated rings. The lowest BCUT2D eigenvalue weighted by atomic mass is 10.0. The summed E-state index contributed by atoms with van der Waals surface area (Å²) in [5.74, 6) is 5.40. The van der Waals surface area contributed by atoms with Gasteiger partial charge < -0.3 is 4.84 Å². The third-order valence-electron chi connectivity index (χ3n) is 3.95. The van der Waals surface area contributed by atoms with Crippen LogP contribution in [0.2, 0.25) is 0 Å². The van der Waals surface area contributed by atoms with E-state index in [0.29, 0.717) is 6.10 Å². The van der Waals surface area contributed by atoms with E-state index in [-0.39, 0.29) is 0 Å². The zero-order valence-electron chi connectivity index (χ0n) is 13.5. The molecule has 0 aliphatic carbocycles. The molecule has 0 rings (SSSR count). The summed E-state index contributed by atoms with van der Waals surface area (Å²) in [5, 5.41) is 0. The van der Waals surface area contributed by atoms with Gasteiger partial charge in [0.1, 0.15) is 0 Å². The Labute approximate surface area is 121 Å². The lowest BCUT2D eigenvalue weighted by Crippen LogP contribution is -2.17. The van der Waals surface area contributed by atoms with E-state index in [1.54, 1.807) is 0 Å². The average molecular weight is 271 g/mol. The van der Waals surface area contributed by atoms with E-state index in [1.165, 1.54) is 77.0 Å². The standard InChI is InChI=1S/C17H37NO/c1-3-5-7-9-11-13-15-17(19-18)16-14-12-10-8-6-4-2/h17H,3-16,18H2,1-2H3. The minimum atomic E-state index is 0.303. The van der Waals surface area contributed by atoms with Crippen LogP contribution in [0.3, 0.4) is 0 Å². The molecule has 0 unspecified atom stereocenters. The molecule has 116 valence electrons. The molecule has 0 spiro atoms. The maximum Gasteiger partial charge on any atom is 0.0787 e. The van der Waals surface area contributed by atoms with Crippen molar-refractivity contribution in [2.45, 2.75) is 110 Å². The fraction of sp³-hybridized carbons (Fsp3) is 1.00. The van der Waals surface area contributed by atoms with Crippen LogP contribution >= 0.6 is 0 Å². The van der Waals surface area contributed by atoms with Gasteiger partial charge in [0.25, 0.3) is 0 Å². The molecule has 0 aliphatic heterocycles. The Morgan fingerprint density at radius 2 is 1.00 bits per heavy atom. The summed E-state index contributed by atoms with van der Waals surface area (Å²) in [6, 6.07) is 0. The molecule has 2 heteroatoms. The van der Waals surface area contributed by atoms with Crippen LogP contribution < -0.4 is 5.90 Å². The predicted octanol–water partition coefficient (Wildman–Crippen LogP) is 5.75. The smallest absolute Gasteiger partial charge is 0.0787 e. The van der Waals surface area contributed by atoms with Crippen molar-refractivity contribution < 1.29 is 4.84 Å². The molecule has 2 N–H and O–H groups in total. The summed E-state index contributed by atoms with van der Waals surface area (Å²) in [7, 11) is 0. The van der Waals surface area contributed by atoms with E-state index in [2.05, 4.69) is 13.8 Å². The van der Waals surface area contributed by atoms with E-state index in [1.807, 2.05) is 0 Å². The first-order valence-electron chi connectivity index (χ1n) is 8.70. The van der Waals surface area contributed by atoms with Gasteiger partial charge in [-0.25, -0.2) is 5.90 Å². The maximum atomic E-state index is 5.40. The largest absolute Gasteiger partial charge is 0.301 e. The molecule has 2 nitrogen and oxygen atoms in total. The van der Waals surface area contributed by atoms with Crippen molar-refractivity contribution in [3.63, 3.8) is 0 Å². The molecule has 0 saturated carbocycles. The van der Waals surface area contributed by atoms with Crippen molar-refractivity contribution in [2.75, 3.05) is 0 Å². The average Bonchev–Trinajstić information content (AvgIpc) is 2.44. The lowest BCUT2D eigenvalue weighted by Gasteiger charge is -2.14. The van der Waals surface area contributed by atoms with E-state index >= 15 is 0 Å². The van der Waals surface area contributed by atoms with Crippen LogP contribution in [0.15, 0.2) is 0 Å². The van der Waals surface area contributed by atoms with Crippen LogP contribution in [-0.2, 0) is 4.84 Å². The molecule has 0 aromatic carbocycles. The van der Waals surface area contributed by atoms with Gasteiger partial charge in [-0.1, -0.05) is 90.9 Å². The van der Waals surface area contributed by atoms with Gasteiger partial charge >= 0.3 is 0 Å². The van der Waals surface area contributed by atoms with Gasteiger partial charge in [-0.2, -0.15) is 0 Å². The number of nitrogens with two attached hydrogens (primary N) is 1. The minimum absolute atomic E-state index is 0.303. The third kappa shape index (κ3) is 14.1. The SMILES string of the molecule is CCCCCCCCC(CCCCCCCC)ON. The Morgan fingerprint density at radius 3 is 1.37 bits per heavy atom. The predicted molar refractivity (Wildman–Crippen MR) is 85.0 cm³/mol. The van der Waals surface area contributed by atoms with Crippen molar-refractivity contribution in [3.05, 3.63) is 0 Å². The summed E-state index contributed by atoms with van der Waals surface area (Å²) in [6.45, 7) is 4.53. The van der Waals surface area contributed by atoms with E-state index < -0.39 is 0 Å². The van der Waals surface area contributed by atoms with Crippen LogP contribution in [0.1, 0.15) is 104 Å². The quantitative estimate of drug-likeness (QED) is 0.304. The highest BCUT2D eigenvalue weighted by molar-refractivity contribution is 4.59. The minimum Gasteiger partial charge on any atom is -0.301 e. The second-order valence-corrected chi connectivity index (χ2v) is 5.87. The van der Waals surface area contributed by atoms with Crippen molar-refractivity contribution in [2.24, 2.45) is 5.90 Å². The van der Waals surface area contributed by atoms with Gasteiger partial charge in [0.2, 0.25) is 0 Å². The maximum absolute atomic E-state index is 5.40. The van der Waals surface area contributed by atoms with E-state index in [9.17, 15) is 0 Å². The molecule has 0 amide bonds. The highest BCUT2D eigenvalue weighted by Crippen LogP contribution is 2.15. The molecular formula is C17H37NO. The number of unbranched alkanes of at least 4 members (excludes halogenated alkanes) is 10. The van der Waals surface area contributed by atoms with Crippen LogP contribution in [0.25, 0.3) is 0 Å². The summed E-state index contributed by atoms with van der Waals surface area (Å²) in [6.07, 6.45) is 18.8. The first kappa shape index (κ1) is 18.9. The second-order valence-electron chi connectivity index (χ2n) is 5.87. The molecular weight excluding hydrogens is 234 g/mol. The Balaban J connectivity index is 3.30. The number of hydrogen-bond donors (Lipinski definition) is 1. The Bertz CT molecular complexity index is 145. The van der Waals surface area contributed by atoms with Crippen molar-refractivity contribution in [1.29, 1.82) is 0 Å². The van der Waals surface area contributed by atoms with Crippen LogP contribution in [0.4, 0.5) is 0 Å². The van der Waals surface area contributed by atoms with Crippen LogP contribution in [0.5, 0.6) is 0 Å². The molecule has 0 heterocycles. The molecule has 0 saturated heterocycles. The van der Waals surface area contributed by atoms with Gasteiger partial charge in [0.15, 0.2) is 0 Å². The first-order chi connectivity index (χ1) is 9.35. The van der Waals surface area contributed by atoms with Gasteiger partial charge in [0, 0.05) is 0 Å². The van der Waals surface area contributed by atoms with Crippen molar-refractivity contribution >= 4 is 0 Å². The fourth-order valence-electron chi connectivity index (χ4n) is 2.59. The summed E-state index contributed by atoms with van der Waals surface area (Å²) in [4.78, 5) is 5.11. The second kappa shape index (κ2) is 16.0. The highest BCUT2D eigenvalue weighted by atomic mass is 16.6. The van der Waals surface area contributed by atoms with Gasteiger partial charge in [0.05, 0.1) is 6.10 Å². The zero-order chi connectivity index (χ0) is 14.2. The first-order valence-corrected chi connectivity index (χ1v) is 8.70. The third-order valence-corrected chi connectivity index (χ3v) is 3.95. The highest BCUT2D eigenvalue weighted by Gasteiger charge is 2.07. The molecule has 0 aromatic rings. The number of rotatable bonds is 15. The molecule has 0 bridgehead atoms. The Kier molecular flexibility index (Phi) is 15.9. The normalized spacial score (nSPS) is 11.4. The van der Waals surface area contributed by atoms with E-state index in [4.69, 9.17) is 10.7 Å². The van der Waals surface area contributed by atoms with Crippen LogP contribution in [-0.4, -0.2) is 6.10 Å². The molecule has 0 aromatic heterocycles. The molecule has 0 atom stereocenters. The Morgan fingerprint density at radius 1 is 0.632 bits per heavy atom. The number of hydrogen-bond acceptors (Lipinski definition) is 2. The topological polar surface area (TPSA) is 35.2 Å².